The van der Waals surface area contributed by atoms with Gasteiger partial charge in [0.2, 0.25) is 5.91 Å². The van der Waals surface area contributed by atoms with Crippen molar-refractivity contribution in [2.75, 3.05) is 6.54 Å². The van der Waals surface area contributed by atoms with Crippen molar-refractivity contribution in [3.63, 3.8) is 0 Å². The molecule has 2 atom stereocenters. The van der Waals surface area contributed by atoms with Crippen molar-refractivity contribution in [1.82, 2.24) is 4.90 Å². The lowest BCUT2D eigenvalue weighted by Crippen LogP contribution is -2.33. The second-order valence-electron chi connectivity index (χ2n) is 5.71. The SMILES string of the molecule is O=C(c1ccc([N+](=O)[O-])cc1)N1C[C@H]2CCCC[C@H]2C1=O. The van der Waals surface area contributed by atoms with Crippen LogP contribution >= 0.6 is 0 Å². The first kappa shape index (κ1) is 13.7. The Balaban J connectivity index is 1.79. The standard InChI is InChI=1S/C15H16N2O4/c18-14(10-5-7-12(8-6-10)17(20)21)16-9-11-3-1-2-4-13(11)15(16)19/h5-8,11,13H,1-4,9H2/t11-,13-/m1/s1. The topological polar surface area (TPSA) is 80.5 Å². The van der Waals surface area contributed by atoms with Crippen LogP contribution in [0.25, 0.3) is 0 Å². The Bertz CT molecular complexity index is 596. The van der Waals surface area contributed by atoms with Crippen molar-refractivity contribution in [3.8, 4) is 0 Å². The van der Waals surface area contributed by atoms with Crippen LogP contribution in [0, 0.1) is 22.0 Å². The van der Waals surface area contributed by atoms with Crippen LogP contribution in [0.1, 0.15) is 36.0 Å². The minimum absolute atomic E-state index is 0.0132. The number of non-ortho nitro benzene ring substituents is 1. The number of imide groups is 1. The molecule has 0 aromatic heterocycles. The number of hydrogen-bond donors (Lipinski definition) is 0. The molecule has 110 valence electrons. The van der Waals surface area contributed by atoms with E-state index in [1.807, 2.05) is 0 Å². The van der Waals surface area contributed by atoms with E-state index >= 15 is 0 Å². The van der Waals surface area contributed by atoms with Crippen LogP contribution in [0.2, 0.25) is 0 Å². The van der Waals surface area contributed by atoms with E-state index in [-0.39, 0.29) is 29.3 Å². The molecule has 0 N–H and O–H groups in total. The highest BCUT2D eigenvalue weighted by Crippen LogP contribution is 2.37. The summed E-state index contributed by atoms with van der Waals surface area (Å²) in [5, 5.41) is 10.6. The molecule has 0 unspecified atom stereocenters. The van der Waals surface area contributed by atoms with Gasteiger partial charge < -0.3 is 0 Å². The van der Waals surface area contributed by atoms with E-state index in [0.29, 0.717) is 12.1 Å². The summed E-state index contributed by atoms with van der Waals surface area (Å²) >= 11 is 0. The zero-order chi connectivity index (χ0) is 15.0. The fraction of sp³-hybridized carbons (Fsp3) is 0.467. The fourth-order valence-corrected chi connectivity index (χ4v) is 3.34. The number of fused-ring (bicyclic) bond motifs is 1. The van der Waals surface area contributed by atoms with Gasteiger partial charge in [-0.2, -0.15) is 0 Å². The molecule has 1 aliphatic heterocycles. The Morgan fingerprint density at radius 2 is 1.86 bits per heavy atom. The van der Waals surface area contributed by atoms with E-state index in [4.69, 9.17) is 0 Å². The molecule has 2 fully saturated rings. The van der Waals surface area contributed by atoms with Crippen LogP contribution in [-0.2, 0) is 4.79 Å². The zero-order valence-corrected chi connectivity index (χ0v) is 11.5. The Kier molecular flexibility index (Phi) is 3.45. The molecule has 0 radical (unpaired) electrons. The predicted molar refractivity (Wildman–Crippen MR) is 74.6 cm³/mol. The fourth-order valence-electron chi connectivity index (χ4n) is 3.34. The zero-order valence-electron chi connectivity index (χ0n) is 11.5. The number of nitrogens with zero attached hydrogens (tertiary/aromatic N) is 2. The van der Waals surface area contributed by atoms with Gasteiger partial charge in [0.1, 0.15) is 0 Å². The number of benzene rings is 1. The summed E-state index contributed by atoms with van der Waals surface area (Å²) in [6.07, 6.45) is 4.04. The average Bonchev–Trinajstić information content (AvgIpc) is 2.84. The van der Waals surface area contributed by atoms with Crippen LogP contribution < -0.4 is 0 Å². The molecule has 1 saturated carbocycles. The van der Waals surface area contributed by atoms with Crippen molar-refractivity contribution in [2.24, 2.45) is 11.8 Å². The molecule has 1 aliphatic carbocycles. The number of amides is 2. The maximum atomic E-state index is 12.4. The Morgan fingerprint density at radius 3 is 2.48 bits per heavy atom. The summed E-state index contributed by atoms with van der Waals surface area (Å²) in [6, 6.07) is 5.41. The third-order valence-corrected chi connectivity index (χ3v) is 4.48. The molecular formula is C15H16N2O4. The van der Waals surface area contributed by atoms with Gasteiger partial charge in [-0.3, -0.25) is 24.6 Å². The highest BCUT2D eigenvalue weighted by molar-refractivity contribution is 6.06. The van der Waals surface area contributed by atoms with Gasteiger partial charge in [-0.1, -0.05) is 12.8 Å². The first-order valence-corrected chi connectivity index (χ1v) is 7.18. The number of hydrogen-bond acceptors (Lipinski definition) is 4. The number of nitro benzene ring substituents is 1. The summed E-state index contributed by atoms with van der Waals surface area (Å²) in [5.74, 6) is -0.152. The van der Waals surface area contributed by atoms with Gasteiger partial charge in [-0.05, 0) is 30.9 Å². The van der Waals surface area contributed by atoms with Crippen molar-refractivity contribution in [3.05, 3.63) is 39.9 Å². The van der Waals surface area contributed by atoms with Crippen LogP contribution in [0.5, 0.6) is 0 Å². The Morgan fingerprint density at radius 1 is 1.19 bits per heavy atom. The Hall–Kier alpha value is -2.24. The quantitative estimate of drug-likeness (QED) is 0.475. The molecule has 2 amide bonds. The van der Waals surface area contributed by atoms with Gasteiger partial charge in [0, 0.05) is 30.2 Å². The van der Waals surface area contributed by atoms with Gasteiger partial charge in [0.05, 0.1) is 4.92 Å². The van der Waals surface area contributed by atoms with Crippen LogP contribution in [-0.4, -0.2) is 28.2 Å². The molecule has 0 bridgehead atoms. The highest BCUT2D eigenvalue weighted by Gasteiger charge is 2.43. The number of rotatable bonds is 2. The third kappa shape index (κ3) is 2.41. The van der Waals surface area contributed by atoms with E-state index < -0.39 is 4.92 Å². The molecule has 0 spiro atoms. The van der Waals surface area contributed by atoms with E-state index in [1.165, 1.54) is 29.2 Å². The average molecular weight is 288 g/mol. The van der Waals surface area contributed by atoms with Gasteiger partial charge in [0.15, 0.2) is 0 Å². The van der Waals surface area contributed by atoms with Gasteiger partial charge in [0.25, 0.3) is 11.6 Å². The minimum Gasteiger partial charge on any atom is -0.278 e. The lowest BCUT2D eigenvalue weighted by molar-refractivity contribution is -0.384. The lowest BCUT2D eigenvalue weighted by Gasteiger charge is -2.21. The van der Waals surface area contributed by atoms with E-state index in [2.05, 4.69) is 0 Å². The van der Waals surface area contributed by atoms with Crippen LogP contribution in [0.3, 0.4) is 0 Å². The summed E-state index contributed by atoms with van der Waals surface area (Å²) in [5.41, 5.74) is 0.264. The summed E-state index contributed by atoms with van der Waals surface area (Å²) in [7, 11) is 0. The monoisotopic (exact) mass is 288 g/mol. The number of likely N-dealkylation sites (tertiary alicyclic amines) is 1. The Labute approximate surface area is 121 Å². The second-order valence-corrected chi connectivity index (χ2v) is 5.71. The molecule has 2 aliphatic rings. The highest BCUT2D eigenvalue weighted by atomic mass is 16.6. The molecule has 1 aromatic carbocycles. The minimum atomic E-state index is -0.510. The van der Waals surface area contributed by atoms with Crippen molar-refractivity contribution in [2.45, 2.75) is 25.7 Å². The maximum Gasteiger partial charge on any atom is 0.269 e. The van der Waals surface area contributed by atoms with Crippen LogP contribution in [0.15, 0.2) is 24.3 Å². The molecular weight excluding hydrogens is 272 g/mol. The molecule has 1 heterocycles. The predicted octanol–water partition coefficient (Wildman–Crippen LogP) is 2.38. The first-order valence-electron chi connectivity index (χ1n) is 7.18. The van der Waals surface area contributed by atoms with Crippen molar-refractivity contribution in [1.29, 1.82) is 0 Å². The summed E-state index contributed by atoms with van der Waals surface area (Å²) in [4.78, 5) is 36.2. The van der Waals surface area contributed by atoms with E-state index in [0.717, 1.165) is 25.7 Å². The molecule has 6 nitrogen and oxygen atoms in total. The summed E-state index contributed by atoms with van der Waals surface area (Å²) in [6.45, 7) is 0.485. The number of carbonyl (C=O) groups is 2. The molecule has 1 aromatic rings. The molecule has 3 rings (SSSR count). The normalized spacial score (nSPS) is 24.8. The van der Waals surface area contributed by atoms with E-state index in [1.54, 1.807) is 0 Å². The van der Waals surface area contributed by atoms with Gasteiger partial charge >= 0.3 is 0 Å². The van der Waals surface area contributed by atoms with Gasteiger partial charge in [-0.15, -0.1) is 0 Å². The smallest absolute Gasteiger partial charge is 0.269 e. The van der Waals surface area contributed by atoms with Crippen molar-refractivity contribution < 1.29 is 14.5 Å². The largest absolute Gasteiger partial charge is 0.278 e. The molecule has 21 heavy (non-hydrogen) atoms. The first-order chi connectivity index (χ1) is 10.1. The second kappa shape index (κ2) is 5.27. The molecule has 6 heteroatoms. The maximum absolute atomic E-state index is 12.4. The van der Waals surface area contributed by atoms with E-state index in [9.17, 15) is 19.7 Å². The summed E-state index contributed by atoms with van der Waals surface area (Å²) < 4.78 is 0. The molecule has 1 saturated heterocycles. The van der Waals surface area contributed by atoms with Crippen LogP contribution in [0.4, 0.5) is 5.69 Å². The number of nitro groups is 1. The number of carbonyl (C=O) groups excluding carboxylic acids is 2. The lowest BCUT2D eigenvalue weighted by atomic mass is 9.81. The third-order valence-electron chi connectivity index (χ3n) is 4.48. The van der Waals surface area contributed by atoms with Gasteiger partial charge in [-0.25, -0.2) is 0 Å². The van der Waals surface area contributed by atoms with Crippen molar-refractivity contribution >= 4 is 17.5 Å².